The van der Waals surface area contributed by atoms with Crippen molar-refractivity contribution in [2.24, 2.45) is 0 Å². The van der Waals surface area contributed by atoms with Gasteiger partial charge < -0.3 is 20.7 Å². The van der Waals surface area contributed by atoms with E-state index < -0.39 is 0 Å². The largest absolute Gasteiger partial charge is 0.487 e. The first-order valence-corrected chi connectivity index (χ1v) is 10.8. The van der Waals surface area contributed by atoms with Crippen molar-refractivity contribution in [3.8, 4) is 16.9 Å². The van der Waals surface area contributed by atoms with Crippen LogP contribution in [0.25, 0.3) is 11.1 Å². The summed E-state index contributed by atoms with van der Waals surface area (Å²) in [6, 6.07) is 7.75. The topological polar surface area (TPSA) is 62.4 Å². The van der Waals surface area contributed by atoms with E-state index in [1.807, 2.05) is 6.92 Å². The Balaban J connectivity index is 1.40. The zero-order valence-electron chi connectivity index (χ0n) is 17.4. The molecule has 5 nitrogen and oxygen atoms in total. The average Bonchev–Trinajstić information content (AvgIpc) is 3.10. The average molecular weight is 446 g/mol. The number of thiocarbonyl (C=S) groups is 1. The van der Waals surface area contributed by atoms with Crippen LogP contribution in [0.3, 0.4) is 0 Å². The van der Waals surface area contributed by atoms with E-state index in [9.17, 15) is 13.6 Å². The highest BCUT2D eigenvalue weighted by molar-refractivity contribution is 7.80. The van der Waals surface area contributed by atoms with Crippen LogP contribution in [0.2, 0.25) is 0 Å². The molecule has 2 aliphatic rings. The van der Waals surface area contributed by atoms with E-state index in [0.29, 0.717) is 46.9 Å². The molecular formula is C23H25F2N3O2S. The first-order chi connectivity index (χ1) is 14.8. The lowest BCUT2D eigenvalue weighted by atomic mass is 9.99. The second-order valence-electron chi connectivity index (χ2n) is 8.31. The molecule has 2 aliphatic heterocycles. The number of hydrogen-bond acceptors (Lipinski definition) is 3. The molecule has 2 aromatic rings. The van der Waals surface area contributed by atoms with Gasteiger partial charge in [0.15, 0.2) is 5.11 Å². The fraction of sp³-hybridized carbons (Fsp3) is 0.391. The van der Waals surface area contributed by atoms with Crippen LogP contribution < -0.4 is 20.7 Å². The third-order valence-corrected chi connectivity index (χ3v) is 5.88. The van der Waals surface area contributed by atoms with Crippen LogP contribution in [0.1, 0.15) is 30.9 Å². The molecule has 0 saturated carbocycles. The van der Waals surface area contributed by atoms with E-state index in [-0.39, 0.29) is 35.7 Å². The van der Waals surface area contributed by atoms with Crippen LogP contribution in [-0.2, 0) is 11.2 Å². The van der Waals surface area contributed by atoms with Crippen molar-refractivity contribution >= 4 is 23.2 Å². The number of carbonyl (C=O) groups excluding carboxylic acids is 1. The van der Waals surface area contributed by atoms with Gasteiger partial charge in [-0.25, -0.2) is 8.78 Å². The molecule has 0 bridgehead atoms. The van der Waals surface area contributed by atoms with Crippen LogP contribution in [0, 0.1) is 18.6 Å². The van der Waals surface area contributed by atoms with E-state index in [0.717, 1.165) is 12.0 Å². The standard InChI is InChI=1S/C23H25F2N3O2S/c1-12-5-14(3-4-20(12)25)19-9-16(24)7-15-8-18(30-22(15)19)11-26-21(29)10-17-6-13(2)27-23(31)28-17/h3-5,7,9,13,17-18H,6,8,10-11H2,1-2H3,(H,26,29)(H2,27,28,31)/t13-,17+,18?/m1/s1. The van der Waals surface area contributed by atoms with Crippen molar-refractivity contribution in [2.75, 3.05) is 6.54 Å². The van der Waals surface area contributed by atoms with Crippen molar-refractivity contribution in [1.29, 1.82) is 0 Å². The highest BCUT2D eigenvalue weighted by atomic mass is 32.1. The zero-order valence-corrected chi connectivity index (χ0v) is 18.2. The minimum absolute atomic E-state index is 0.00661. The third-order valence-electron chi connectivity index (χ3n) is 5.64. The molecule has 3 atom stereocenters. The van der Waals surface area contributed by atoms with E-state index >= 15 is 0 Å². The summed E-state index contributed by atoms with van der Waals surface area (Å²) in [5, 5.41) is 9.72. The Labute approximate surface area is 185 Å². The summed E-state index contributed by atoms with van der Waals surface area (Å²) in [5.41, 5.74) is 2.52. The third kappa shape index (κ3) is 4.95. The summed E-state index contributed by atoms with van der Waals surface area (Å²) in [6.45, 7) is 4.02. The number of rotatable bonds is 5. The Kier molecular flexibility index (Phi) is 6.09. The molecule has 2 heterocycles. The van der Waals surface area contributed by atoms with Gasteiger partial charge in [0.1, 0.15) is 23.5 Å². The lowest BCUT2D eigenvalue weighted by Crippen LogP contribution is -2.54. The molecule has 8 heteroatoms. The highest BCUT2D eigenvalue weighted by Gasteiger charge is 2.28. The number of carbonyl (C=O) groups is 1. The second kappa shape index (κ2) is 8.78. The van der Waals surface area contributed by atoms with Gasteiger partial charge in [0.05, 0.1) is 6.54 Å². The van der Waals surface area contributed by atoms with E-state index in [1.165, 1.54) is 18.2 Å². The molecule has 31 heavy (non-hydrogen) atoms. The first kappa shape index (κ1) is 21.5. The number of nitrogens with one attached hydrogen (secondary N) is 3. The maximum atomic E-state index is 14.2. The molecule has 1 saturated heterocycles. The molecule has 0 spiro atoms. The number of ether oxygens (including phenoxy) is 1. The Morgan fingerprint density at radius 2 is 2.06 bits per heavy atom. The fourth-order valence-corrected chi connectivity index (χ4v) is 4.56. The van der Waals surface area contributed by atoms with Gasteiger partial charge in [-0.15, -0.1) is 0 Å². The summed E-state index contributed by atoms with van der Waals surface area (Å²) >= 11 is 5.16. The highest BCUT2D eigenvalue weighted by Crippen LogP contribution is 2.40. The van der Waals surface area contributed by atoms with E-state index in [1.54, 1.807) is 19.1 Å². The smallest absolute Gasteiger partial charge is 0.222 e. The summed E-state index contributed by atoms with van der Waals surface area (Å²) in [7, 11) is 0. The number of fused-ring (bicyclic) bond motifs is 1. The Bertz CT molecular complexity index is 1030. The Hall–Kier alpha value is -2.74. The second-order valence-corrected chi connectivity index (χ2v) is 8.72. The van der Waals surface area contributed by atoms with Crippen molar-refractivity contribution in [2.45, 2.75) is 51.3 Å². The summed E-state index contributed by atoms with van der Waals surface area (Å²) in [6.07, 6.45) is 1.33. The molecule has 0 aliphatic carbocycles. The first-order valence-electron chi connectivity index (χ1n) is 10.4. The number of aryl methyl sites for hydroxylation is 1. The monoisotopic (exact) mass is 445 g/mol. The Morgan fingerprint density at radius 1 is 1.26 bits per heavy atom. The fourth-order valence-electron chi connectivity index (χ4n) is 4.19. The summed E-state index contributed by atoms with van der Waals surface area (Å²) in [5.74, 6) is -0.178. The quantitative estimate of drug-likeness (QED) is 0.616. The van der Waals surface area contributed by atoms with Crippen molar-refractivity contribution < 1.29 is 18.3 Å². The van der Waals surface area contributed by atoms with Gasteiger partial charge >= 0.3 is 0 Å². The van der Waals surface area contributed by atoms with Gasteiger partial charge in [0.25, 0.3) is 0 Å². The van der Waals surface area contributed by atoms with Crippen molar-refractivity contribution in [1.82, 2.24) is 16.0 Å². The van der Waals surface area contributed by atoms with Gasteiger partial charge in [0, 0.05) is 36.1 Å². The molecule has 164 valence electrons. The van der Waals surface area contributed by atoms with Gasteiger partial charge in [-0.1, -0.05) is 6.07 Å². The molecule has 0 aromatic heterocycles. The normalized spacial score (nSPS) is 22.2. The zero-order chi connectivity index (χ0) is 22.1. The van der Waals surface area contributed by atoms with Crippen LogP contribution >= 0.6 is 12.2 Å². The number of halogens is 2. The predicted octanol–water partition coefficient (Wildman–Crippen LogP) is 3.37. The molecule has 0 radical (unpaired) electrons. The van der Waals surface area contributed by atoms with Gasteiger partial charge in [-0.3, -0.25) is 4.79 Å². The number of benzene rings is 2. The van der Waals surface area contributed by atoms with Crippen molar-refractivity contribution in [3.05, 3.63) is 53.1 Å². The molecule has 2 aromatic carbocycles. The van der Waals surface area contributed by atoms with Crippen LogP contribution in [0.4, 0.5) is 8.78 Å². The van der Waals surface area contributed by atoms with Crippen LogP contribution in [0.5, 0.6) is 5.75 Å². The van der Waals surface area contributed by atoms with Gasteiger partial charge in [0.2, 0.25) is 5.91 Å². The lowest BCUT2D eigenvalue weighted by Gasteiger charge is -2.30. The summed E-state index contributed by atoms with van der Waals surface area (Å²) in [4.78, 5) is 12.4. The SMILES string of the molecule is Cc1cc(-c2cc(F)cc3c2OC(CNC(=O)C[C@@H]2C[C@@H](C)NC(=S)N2)C3)ccc1F. The minimum Gasteiger partial charge on any atom is -0.487 e. The Morgan fingerprint density at radius 3 is 2.81 bits per heavy atom. The maximum Gasteiger partial charge on any atom is 0.222 e. The number of hydrogen-bond donors (Lipinski definition) is 3. The lowest BCUT2D eigenvalue weighted by molar-refractivity contribution is -0.121. The maximum absolute atomic E-state index is 14.2. The van der Waals surface area contributed by atoms with E-state index in [4.69, 9.17) is 17.0 Å². The minimum atomic E-state index is -0.369. The molecule has 1 amide bonds. The van der Waals surface area contributed by atoms with Gasteiger partial charge in [-0.05, 0) is 67.9 Å². The molecular weight excluding hydrogens is 420 g/mol. The number of amides is 1. The molecule has 3 N–H and O–H groups in total. The van der Waals surface area contributed by atoms with Crippen LogP contribution in [-0.4, -0.2) is 35.8 Å². The van der Waals surface area contributed by atoms with Crippen LogP contribution in [0.15, 0.2) is 30.3 Å². The van der Waals surface area contributed by atoms with Gasteiger partial charge in [-0.2, -0.15) is 0 Å². The van der Waals surface area contributed by atoms with E-state index in [2.05, 4.69) is 16.0 Å². The van der Waals surface area contributed by atoms with Crippen molar-refractivity contribution in [3.63, 3.8) is 0 Å². The summed E-state index contributed by atoms with van der Waals surface area (Å²) < 4.78 is 34.0. The molecule has 4 rings (SSSR count). The molecule has 1 unspecified atom stereocenters. The molecule has 1 fully saturated rings. The predicted molar refractivity (Wildman–Crippen MR) is 119 cm³/mol.